The minimum Gasteiger partial charge on any atom is -0.0616 e. The molecule has 0 fully saturated rings. The molecule has 0 atom stereocenters. The number of benzene rings is 10. The van der Waals surface area contributed by atoms with Gasteiger partial charge in [-0.3, -0.25) is 0 Å². The highest BCUT2D eigenvalue weighted by Gasteiger charge is 2.12. The van der Waals surface area contributed by atoms with Crippen LogP contribution in [0.25, 0.3) is 98.7 Å². The highest BCUT2D eigenvalue weighted by molar-refractivity contribution is 6.25. The van der Waals surface area contributed by atoms with Gasteiger partial charge in [-0.1, -0.05) is 188 Å². The first-order valence-corrected chi connectivity index (χ1v) is 17.3. The molecule has 0 aliphatic heterocycles. The van der Waals surface area contributed by atoms with Crippen molar-refractivity contribution in [2.45, 2.75) is 0 Å². The van der Waals surface area contributed by atoms with Crippen LogP contribution in [0, 0.1) is 0 Å². The summed E-state index contributed by atoms with van der Waals surface area (Å²) in [6.07, 6.45) is 0. The van der Waals surface area contributed by atoms with E-state index in [4.69, 9.17) is 0 Å². The minimum absolute atomic E-state index is 1.22. The summed E-state index contributed by atoms with van der Waals surface area (Å²) in [5.74, 6) is 0. The Balaban J connectivity index is 0.917. The van der Waals surface area contributed by atoms with Crippen LogP contribution < -0.4 is 0 Å². The topological polar surface area (TPSA) is 0 Å². The zero-order valence-corrected chi connectivity index (χ0v) is 27.5. The van der Waals surface area contributed by atoms with Crippen LogP contribution in [0.15, 0.2) is 194 Å². The van der Waals surface area contributed by atoms with Gasteiger partial charge in [-0.25, -0.2) is 0 Å². The van der Waals surface area contributed by atoms with Gasteiger partial charge in [-0.05, 0) is 105 Å². The van der Waals surface area contributed by atoms with Crippen LogP contribution in [0.1, 0.15) is 0 Å². The molecule has 0 amide bonds. The maximum Gasteiger partial charge on any atom is -0.00206 e. The summed E-state index contributed by atoms with van der Waals surface area (Å²) in [5, 5.41) is 10.5. The Hall–Kier alpha value is -6.50. The van der Waals surface area contributed by atoms with Crippen LogP contribution in [-0.2, 0) is 0 Å². The SMILES string of the molecule is c1cc(-c2ccc(-c3ccc(-c4cccc5ccccc45)cc3)cc2)cc(-c2ccc(-c3ccc4ccc5cccc6ccc3c4c56)cc2)c1. The highest BCUT2D eigenvalue weighted by atomic mass is 14.2. The zero-order valence-electron chi connectivity index (χ0n) is 27.5. The Bertz CT molecular complexity index is 2800. The van der Waals surface area contributed by atoms with Crippen molar-refractivity contribution < 1.29 is 0 Å². The number of hydrogen-bond donors (Lipinski definition) is 0. The molecule has 0 aliphatic rings. The van der Waals surface area contributed by atoms with E-state index in [1.165, 1.54) is 98.7 Å². The van der Waals surface area contributed by atoms with E-state index in [-0.39, 0.29) is 0 Å². The lowest BCUT2D eigenvalue weighted by Gasteiger charge is -2.14. The van der Waals surface area contributed by atoms with E-state index >= 15 is 0 Å². The average Bonchev–Trinajstić information content (AvgIpc) is 3.20. The number of rotatable bonds is 5. The van der Waals surface area contributed by atoms with Crippen LogP contribution in [0.4, 0.5) is 0 Å². The van der Waals surface area contributed by atoms with Gasteiger partial charge in [-0.15, -0.1) is 0 Å². The molecule has 232 valence electrons. The lowest BCUT2D eigenvalue weighted by molar-refractivity contribution is 1.57. The fraction of sp³-hybridized carbons (Fsp3) is 0. The number of hydrogen-bond acceptors (Lipinski definition) is 0. The fourth-order valence-electron chi connectivity index (χ4n) is 7.88. The van der Waals surface area contributed by atoms with Crippen molar-refractivity contribution in [3.63, 3.8) is 0 Å². The predicted molar refractivity (Wildman–Crippen MR) is 215 cm³/mol. The lowest BCUT2D eigenvalue weighted by atomic mass is 9.89. The van der Waals surface area contributed by atoms with Crippen LogP contribution in [0.2, 0.25) is 0 Å². The summed E-state index contributed by atoms with van der Waals surface area (Å²) >= 11 is 0. The molecule has 0 spiro atoms. The van der Waals surface area contributed by atoms with E-state index in [9.17, 15) is 0 Å². The largest absolute Gasteiger partial charge is 0.0616 e. The van der Waals surface area contributed by atoms with Crippen molar-refractivity contribution in [1.29, 1.82) is 0 Å². The Morgan fingerprint density at radius 2 is 0.620 bits per heavy atom. The van der Waals surface area contributed by atoms with Crippen molar-refractivity contribution in [3.05, 3.63) is 194 Å². The zero-order chi connectivity index (χ0) is 33.0. The van der Waals surface area contributed by atoms with E-state index < -0.39 is 0 Å². The van der Waals surface area contributed by atoms with Gasteiger partial charge in [0.15, 0.2) is 0 Å². The maximum absolute atomic E-state index is 2.30. The Labute approximate surface area is 291 Å². The van der Waals surface area contributed by atoms with E-state index in [0.717, 1.165) is 0 Å². The lowest BCUT2D eigenvalue weighted by Crippen LogP contribution is -1.87. The van der Waals surface area contributed by atoms with Gasteiger partial charge in [0.2, 0.25) is 0 Å². The molecular weight excluding hydrogens is 601 g/mol. The van der Waals surface area contributed by atoms with Crippen LogP contribution in [0.3, 0.4) is 0 Å². The van der Waals surface area contributed by atoms with Crippen molar-refractivity contribution in [1.82, 2.24) is 0 Å². The summed E-state index contributed by atoms with van der Waals surface area (Å²) in [6.45, 7) is 0. The Morgan fingerprint density at radius 3 is 1.26 bits per heavy atom. The second kappa shape index (κ2) is 11.6. The van der Waals surface area contributed by atoms with E-state index in [1.54, 1.807) is 0 Å². The van der Waals surface area contributed by atoms with Gasteiger partial charge in [0.1, 0.15) is 0 Å². The molecule has 10 aromatic rings. The van der Waals surface area contributed by atoms with Crippen LogP contribution in [-0.4, -0.2) is 0 Å². The van der Waals surface area contributed by atoms with Gasteiger partial charge < -0.3 is 0 Å². The molecule has 0 saturated carbocycles. The first kappa shape index (κ1) is 28.5. The van der Waals surface area contributed by atoms with E-state index in [1.807, 2.05) is 0 Å². The quantitative estimate of drug-likeness (QED) is 0.166. The minimum atomic E-state index is 1.22. The third kappa shape index (κ3) is 4.77. The third-order valence-electron chi connectivity index (χ3n) is 10.5. The third-order valence-corrected chi connectivity index (χ3v) is 10.5. The van der Waals surface area contributed by atoms with Crippen LogP contribution >= 0.6 is 0 Å². The first-order valence-electron chi connectivity index (χ1n) is 17.3. The smallest absolute Gasteiger partial charge is 0.00206 e. The molecule has 10 aromatic carbocycles. The first-order chi connectivity index (χ1) is 24.8. The molecule has 0 saturated heterocycles. The van der Waals surface area contributed by atoms with Gasteiger partial charge in [0.05, 0.1) is 0 Å². The molecule has 10 rings (SSSR count). The van der Waals surface area contributed by atoms with Crippen molar-refractivity contribution in [3.8, 4) is 55.6 Å². The molecule has 0 aromatic heterocycles. The second-order valence-corrected chi connectivity index (χ2v) is 13.3. The summed E-state index contributed by atoms with van der Waals surface area (Å²) < 4.78 is 0. The van der Waals surface area contributed by atoms with Crippen LogP contribution in [0.5, 0.6) is 0 Å². The molecule has 0 nitrogen and oxygen atoms in total. The molecule has 0 bridgehead atoms. The molecular formula is C50H32. The van der Waals surface area contributed by atoms with Gasteiger partial charge in [-0.2, -0.15) is 0 Å². The van der Waals surface area contributed by atoms with Gasteiger partial charge >= 0.3 is 0 Å². The van der Waals surface area contributed by atoms with Gasteiger partial charge in [0.25, 0.3) is 0 Å². The average molecular weight is 633 g/mol. The maximum atomic E-state index is 2.30. The summed E-state index contributed by atoms with van der Waals surface area (Å²) in [5.41, 5.74) is 12.3. The van der Waals surface area contributed by atoms with Gasteiger partial charge in [0, 0.05) is 0 Å². The summed E-state index contributed by atoms with van der Waals surface area (Å²) in [4.78, 5) is 0. The summed E-state index contributed by atoms with van der Waals surface area (Å²) in [7, 11) is 0. The van der Waals surface area contributed by atoms with Crippen molar-refractivity contribution in [2.24, 2.45) is 0 Å². The number of fused-ring (bicyclic) bond motifs is 1. The second-order valence-electron chi connectivity index (χ2n) is 13.3. The van der Waals surface area contributed by atoms with Crippen molar-refractivity contribution in [2.75, 3.05) is 0 Å². The summed E-state index contributed by atoms with van der Waals surface area (Å²) in [6, 6.07) is 71.2. The Morgan fingerprint density at radius 1 is 0.200 bits per heavy atom. The molecule has 0 heterocycles. The highest BCUT2D eigenvalue weighted by Crippen LogP contribution is 2.40. The van der Waals surface area contributed by atoms with Crippen molar-refractivity contribution >= 4 is 43.1 Å². The Kier molecular flexibility index (Phi) is 6.60. The van der Waals surface area contributed by atoms with E-state index in [2.05, 4.69) is 194 Å². The molecule has 50 heavy (non-hydrogen) atoms. The molecule has 0 unspecified atom stereocenters. The standard InChI is InChI=1S/C50H32/c1-2-12-45-37(6-1)7-5-13-46(45)38-22-18-34(19-23-38)33-14-16-35(17-15-33)43-10-4-11-44(32-43)36-20-24-39(25-21-36)47-30-28-42-27-26-40-8-3-9-41-29-31-48(47)50(42)49(40)41/h1-32H. The fourth-order valence-corrected chi connectivity index (χ4v) is 7.88. The monoisotopic (exact) mass is 632 g/mol. The molecule has 0 heteroatoms. The normalized spacial score (nSPS) is 11.6. The molecule has 0 N–H and O–H groups in total. The predicted octanol–water partition coefficient (Wildman–Crippen LogP) is 14.1. The molecule has 0 radical (unpaired) electrons. The van der Waals surface area contributed by atoms with E-state index in [0.29, 0.717) is 0 Å². The molecule has 0 aliphatic carbocycles.